The van der Waals surface area contributed by atoms with Crippen molar-refractivity contribution in [2.24, 2.45) is 0 Å². The Balaban J connectivity index is 2.60. The number of aromatic nitrogens is 1. The lowest BCUT2D eigenvalue weighted by molar-refractivity contribution is -0.149. The first-order valence-electron chi connectivity index (χ1n) is 6.36. The molecule has 2 amide bonds. The van der Waals surface area contributed by atoms with E-state index in [1.165, 1.54) is 0 Å². The Morgan fingerprint density at radius 3 is 2.47 bits per heavy atom. The van der Waals surface area contributed by atoms with Crippen molar-refractivity contribution in [2.45, 2.75) is 39.8 Å². The number of likely N-dealkylation sites (N-methyl/N-ethyl adjacent to an activating group) is 1. The van der Waals surface area contributed by atoms with Crippen molar-refractivity contribution < 1.29 is 9.59 Å². The number of rotatable bonds is 3. The van der Waals surface area contributed by atoms with Gasteiger partial charge in [0.15, 0.2) is 0 Å². The largest absolute Gasteiger partial charge is 0.342 e. The molecule has 0 saturated carbocycles. The number of amides is 2. The third-order valence-corrected chi connectivity index (χ3v) is 2.72. The predicted molar refractivity (Wildman–Crippen MR) is 73.2 cm³/mol. The summed E-state index contributed by atoms with van der Waals surface area (Å²) in [7, 11) is 0. The van der Waals surface area contributed by atoms with Gasteiger partial charge >= 0.3 is 11.8 Å². The van der Waals surface area contributed by atoms with Crippen LogP contribution in [0.25, 0.3) is 0 Å². The summed E-state index contributed by atoms with van der Waals surface area (Å²) in [4.78, 5) is 29.5. The van der Waals surface area contributed by atoms with Gasteiger partial charge in [0.1, 0.15) is 0 Å². The molecule has 1 rings (SSSR count). The van der Waals surface area contributed by atoms with Gasteiger partial charge in [-0.15, -0.1) is 0 Å². The van der Waals surface area contributed by atoms with Gasteiger partial charge in [-0.2, -0.15) is 0 Å². The number of carbonyl (C=O) groups is 2. The number of nitrogens with one attached hydrogen (secondary N) is 1. The number of nitrogens with zero attached hydrogens (tertiary/aromatic N) is 2. The monoisotopic (exact) mass is 263 g/mol. The fraction of sp³-hybridized carbons (Fsp3) is 0.500. The van der Waals surface area contributed by atoms with E-state index in [1.54, 1.807) is 23.2 Å². The van der Waals surface area contributed by atoms with Crippen LogP contribution in [0, 0.1) is 0 Å². The normalized spacial score (nSPS) is 10.9. The van der Waals surface area contributed by atoms with Crippen LogP contribution in [-0.4, -0.2) is 33.8 Å². The second-order valence-electron chi connectivity index (χ2n) is 5.22. The molecule has 0 saturated heterocycles. The Morgan fingerprint density at radius 1 is 1.32 bits per heavy atom. The Kier molecular flexibility index (Phi) is 5.03. The molecule has 1 aromatic rings. The van der Waals surface area contributed by atoms with Crippen molar-refractivity contribution in [3.63, 3.8) is 0 Å². The van der Waals surface area contributed by atoms with Gasteiger partial charge in [0.25, 0.3) is 0 Å². The standard InChI is InChI=1S/C14H21N3O2/c1-5-17(14(2,3)4)13(19)12(18)16-10-11-8-6-7-9-15-11/h6-9H,5,10H2,1-4H3,(H,16,18). The van der Waals surface area contributed by atoms with E-state index in [1.807, 2.05) is 33.8 Å². The Morgan fingerprint density at radius 2 is 2.00 bits per heavy atom. The van der Waals surface area contributed by atoms with E-state index in [4.69, 9.17) is 0 Å². The highest BCUT2D eigenvalue weighted by Crippen LogP contribution is 2.12. The average molecular weight is 263 g/mol. The SMILES string of the molecule is CCN(C(=O)C(=O)NCc1ccccn1)C(C)(C)C. The van der Waals surface area contributed by atoms with Gasteiger partial charge < -0.3 is 10.2 Å². The Bertz CT molecular complexity index is 438. The Hall–Kier alpha value is -1.91. The van der Waals surface area contributed by atoms with Gasteiger partial charge in [-0.25, -0.2) is 0 Å². The van der Waals surface area contributed by atoms with E-state index < -0.39 is 11.8 Å². The summed E-state index contributed by atoms with van der Waals surface area (Å²) in [6.45, 7) is 8.32. The van der Waals surface area contributed by atoms with Crippen LogP contribution in [0.3, 0.4) is 0 Å². The maximum absolute atomic E-state index is 12.0. The summed E-state index contributed by atoms with van der Waals surface area (Å²) in [5, 5.41) is 2.59. The summed E-state index contributed by atoms with van der Waals surface area (Å²) >= 11 is 0. The van der Waals surface area contributed by atoms with Crippen molar-refractivity contribution in [2.75, 3.05) is 6.54 Å². The van der Waals surface area contributed by atoms with Gasteiger partial charge in [-0.1, -0.05) is 6.07 Å². The van der Waals surface area contributed by atoms with E-state index in [-0.39, 0.29) is 12.1 Å². The zero-order chi connectivity index (χ0) is 14.5. The van der Waals surface area contributed by atoms with Crippen LogP contribution >= 0.6 is 0 Å². The molecule has 0 fully saturated rings. The minimum atomic E-state index is -0.595. The molecule has 0 radical (unpaired) electrons. The molecule has 19 heavy (non-hydrogen) atoms. The van der Waals surface area contributed by atoms with Crippen LogP contribution in [0.2, 0.25) is 0 Å². The molecule has 5 nitrogen and oxygen atoms in total. The highest BCUT2D eigenvalue weighted by Gasteiger charge is 2.29. The maximum atomic E-state index is 12.0. The molecular weight excluding hydrogens is 242 g/mol. The zero-order valence-corrected chi connectivity index (χ0v) is 11.9. The molecule has 0 aliphatic heterocycles. The molecular formula is C14H21N3O2. The first kappa shape index (κ1) is 15.1. The second-order valence-corrected chi connectivity index (χ2v) is 5.22. The smallest absolute Gasteiger partial charge is 0.312 e. The van der Waals surface area contributed by atoms with Crippen molar-refractivity contribution in [3.05, 3.63) is 30.1 Å². The van der Waals surface area contributed by atoms with Gasteiger partial charge in [0, 0.05) is 18.3 Å². The quantitative estimate of drug-likeness (QED) is 0.837. The second kappa shape index (κ2) is 6.31. The van der Waals surface area contributed by atoms with Gasteiger partial charge in [0.05, 0.1) is 12.2 Å². The molecule has 1 N–H and O–H groups in total. The lowest BCUT2D eigenvalue weighted by Gasteiger charge is -2.34. The molecule has 5 heteroatoms. The van der Waals surface area contributed by atoms with Crippen LogP contribution in [0.4, 0.5) is 0 Å². The lowest BCUT2D eigenvalue weighted by Crippen LogP contribution is -2.51. The van der Waals surface area contributed by atoms with E-state index in [2.05, 4.69) is 10.3 Å². The number of hydrogen-bond acceptors (Lipinski definition) is 3. The number of carbonyl (C=O) groups excluding carboxylic acids is 2. The van der Waals surface area contributed by atoms with Crippen LogP contribution < -0.4 is 5.32 Å². The summed E-state index contributed by atoms with van der Waals surface area (Å²) in [6.07, 6.45) is 1.65. The van der Waals surface area contributed by atoms with E-state index >= 15 is 0 Å². The third kappa shape index (κ3) is 4.35. The fourth-order valence-corrected chi connectivity index (χ4v) is 1.79. The summed E-state index contributed by atoms with van der Waals surface area (Å²) in [5.41, 5.74) is 0.358. The first-order chi connectivity index (χ1) is 8.86. The van der Waals surface area contributed by atoms with Crippen LogP contribution in [0.5, 0.6) is 0 Å². The van der Waals surface area contributed by atoms with E-state index in [9.17, 15) is 9.59 Å². The van der Waals surface area contributed by atoms with E-state index in [0.717, 1.165) is 5.69 Å². The lowest BCUT2D eigenvalue weighted by atomic mass is 10.1. The summed E-state index contributed by atoms with van der Waals surface area (Å²) in [5.74, 6) is -1.10. The van der Waals surface area contributed by atoms with Crippen LogP contribution in [0.1, 0.15) is 33.4 Å². The zero-order valence-electron chi connectivity index (χ0n) is 11.9. The van der Waals surface area contributed by atoms with Crippen molar-refractivity contribution in [1.29, 1.82) is 0 Å². The van der Waals surface area contributed by atoms with Crippen molar-refractivity contribution in [1.82, 2.24) is 15.2 Å². The van der Waals surface area contributed by atoms with Crippen molar-refractivity contribution in [3.8, 4) is 0 Å². The summed E-state index contributed by atoms with van der Waals surface area (Å²) < 4.78 is 0. The molecule has 0 aliphatic rings. The molecule has 104 valence electrons. The average Bonchev–Trinajstić information content (AvgIpc) is 2.36. The van der Waals surface area contributed by atoms with E-state index in [0.29, 0.717) is 6.54 Å². The predicted octanol–water partition coefficient (Wildman–Crippen LogP) is 1.34. The third-order valence-electron chi connectivity index (χ3n) is 2.72. The Labute approximate surface area is 114 Å². The van der Waals surface area contributed by atoms with Crippen molar-refractivity contribution >= 4 is 11.8 Å². The number of pyridine rings is 1. The summed E-state index contributed by atoms with van der Waals surface area (Å²) in [6, 6.07) is 5.44. The molecule has 0 aromatic carbocycles. The minimum Gasteiger partial charge on any atom is -0.342 e. The highest BCUT2D eigenvalue weighted by molar-refractivity contribution is 6.35. The minimum absolute atomic E-state index is 0.257. The number of hydrogen-bond donors (Lipinski definition) is 1. The molecule has 0 spiro atoms. The molecule has 1 aromatic heterocycles. The van der Waals surface area contributed by atoms with Gasteiger partial charge in [-0.3, -0.25) is 14.6 Å². The van der Waals surface area contributed by atoms with Gasteiger partial charge in [0.2, 0.25) is 0 Å². The first-order valence-corrected chi connectivity index (χ1v) is 6.36. The molecule has 1 heterocycles. The van der Waals surface area contributed by atoms with Gasteiger partial charge in [-0.05, 0) is 39.8 Å². The van der Waals surface area contributed by atoms with Crippen LogP contribution in [-0.2, 0) is 16.1 Å². The fourth-order valence-electron chi connectivity index (χ4n) is 1.79. The molecule has 0 bridgehead atoms. The molecule has 0 atom stereocenters. The topological polar surface area (TPSA) is 62.3 Å². The maximum Gasteiger partial charge on any atom is 0.312 e. The molecule has 0 aliphatic carbocycles. The van der Waals surface area contributed by atoms with Crippen LogP contribution in [0.15, 0.2) is 24.4 Å². The molecule has 0 unspecified atom stereocenters. The highest BCUT2D eigenvalue weighted by atomic mass is 16.2.